The molecule has 0 heterocycles. The van der Waals surface area contributed by atoms with Crippen molar-refractivity contribution in [2.75, 3.05) is 11.9 Å². The molecule has 3 nitrogen and oxygen atoms in total. The number of carbonyl (C=O) groups excluding carboxylic acids is 1. The standard InChI is InChI=1S/C20H23NO2/c1-2-3-7-16-23-19-13-11-18(12-14-19)21-20(22)15-10-17-8-5-4-6-9-17/h4-6,8-15H,2-3,7,16H2,1H3,(H,21,22). The number of rotatable bonds is 8. The van der Waals surface area contributed by atoms with Crippen molar-refractivity contribution in [3.8, 4) is 5.75 Å². The number of nitrogens with one attached hydrogen (secondary N) is 1. The van der Waals surface area contributed by atoms with E-state index in [-0.39, 0.29) is 5.91 Å². The fourth-order valence-corrected chi connectivity index (χ4v) is 2.10. The lowest BCUT2D eigenvalue weighted by molar-refractivity contribution is -0.111. The quantitative estimate of drug-likeness (QED) is 0.556. The molecule has 1 amide bonds. The summed E-state index contributed by atoms with van der Waals surface area (Å²) >= 11 is 0. The van der Waals surface area contributed by atoms with Crippen molar-refractivity contribution in [1.82, 2.24) is 0 Å². The second-order valence-corrected chi connectivity index (χ2v) is 5.31. The van der Waals surface area contributed by atoms with Crippen LogP contribution in [0.4, 0.5) is 5.69 Å². The molecule has 1 N–H and O–H groups in total. The Balaban J connectivity index is 1.81. The normalized spacial score (nSPS) is 10.7. The zero-order chi connectivity index (χ0) is 16.3. The Morgan fingerprint density at radius 2 is 1.78 bits per heavy atom. The highest BCUT2D eigenvalue weighted by Crippen LogP contribution is 2.16. The van der Waals surface area contributed by atoms with Crippen molar-refractivity contribution < 1.29 is 9.53 Å². The van der Waals surface area contributed by atoms with Gasteiger partial charge in [0.15, 0.2) is 0 Å². The Bertz CT molecular complexity index is 618. The molecule has 0 saturated carbocycles. The van der Waals surface area contributed by atoms with Gasteiger partial charge in [0, 0.05) is 11.8 Å². The first-order valence-corrected chi connectivity index (χ1v) is 8.05. The van der Waals surface area contributed by atoms with Gasteiger partial charge in [-0.2, -0.15) is 0 Å². The molecule has 0 fully saturated rings. The summed E-state index contributed by atoms with van der Waals surface area (Å²) in [6, 6.07) is 17.2. The molecule has 0 aliphatic rings. The average Bonchev–Trinajstić information content (AvgIpc) is 2.59. The monoisotopic (exact) mass is 309 g/mol. The fourth-order valence-electron chi connectivity index (χ4n) is 2.10. The molecule has 0 atom stereocenters. The van der Waals surface area contributed by atoms with Gasteiger partial charge in [0.25, 0.3) is 0 Å². The van der Waals surface area contributed by atoms with Gasteiger partial charge < -0.3 is 10.1 Å². The van der Waals surface area contributed by atoms with E-state index in [4.69, 9.17) is 4.74 Å². The number of carbonyl (C=O) groups is 1. The van der Waals surface area contributed by atoms with Crippen LogP contribution < -0.4 is 10.1 Å². The van der Waals surface area contributed by atoms with Crippen molar-refractivity contribution in [3.05, 3.63) is 66.2 Å². The first-order valence-electron chi connectivity index (χ1n) is 8.05. The molecule has 0 radical (unpaired) electrons. The van der Waals surface area contributed by atoms with Gasteiger partial charge in [-0.25, -0.2) is 0 Å². The summed E-state index contributed by atoms with van der Waals surface area (Å²) in [5.41, 5.74) is 1.76. The van der Waals surface area contributed by atoms with Crippen LogP contribution in [0.3, 0.4) is 0 Å². The maximum atomic E-state index is 11.9. The van der Waals surface area contributed by atoms with Crippen LogP contribution in [0.5, 0.6) is 5.75 Å². The molecule has 0 saturated heterocycles. The van der Waals surface area contributed by atoms with Gasteiger partial charge in [0.1, 0.15) is 5.75 Å². The first kappa shape index (κ1) is 16.8. The minimum atomic E-state index is -0.148. The van der Waals surface area contributed by atoms with Gasteiger partial charge in [-0.05, 0) is 42.3 Å². The maximum absolute atomic E-state index is 11.9. The predicted molar refractivity (Wildman–Crippen MR) is 95.6 cm³/mol. The molecule has 0 unspecified atom stereocenters. The van der Waals surface area contributed by atoms with E-state index in [1.807, 2.05) is 54.6 Å². The van der Waals surface area contributed by atoms with Gasteiger partial charge in [-0.15, -0.1) is 0 Å². The Kier molecular flexibility index (Phi) is 6.92. The summed E-state index contributed by atoms with van der Waals surface area (Å²) in [5, 5.41) is 2.83. The molecular formula is C20H23NO2. The Hall–Kier alpha value is -2.55. The van der Waals surface area contributed by atoms with Gasteiger partial charge >= 0.3 is 0 Å². The molecule has 2 rings (SSSR count). The largest absolute Gasteiger partial charge is 0.494 e. The van der Waals surface area contributed by atoms with Gasteiger partial charge in [-0.3, -0.25) is 4.79 Å². The molecule has 2 aromatic rings. The molecule has 0 aliphatic heterocycles. The number of hydrogen-bond acceptors (Lipinski definition) is 2. The van der Waals surface area contributed by atoms with Gasteiger partial charge in [0.05, 0.1) is 6.61 Å². The number of hydrogen-bond donors (Lipinski definition) is 1. The molecule has 0 bridgehead atoms. The van der Waals surface area contributed by atoms with E-state index in [0.29, 0.717) is 0 Å². The topological polar surface area (TPSA) is 38.3 Å². The number of benzene rings is 2. The Labute approximate surface area is 138 Å². The van der Waals surface area contributed by atoms with E-state index < -0.39 is 0 Å². The van der Waals surface area contributed by atoms with Crippen molar-refractivity contribution in [2.45, 2.75) is 26.2 Å². The Morgan fingerprint density at radius 1 is 1.04 bits per heavy atom. The third-order valence-corrected chi connectivity index (χ3v) is 3.37. The second kappa shape index (κ2) is 9.46. The summed E-state index contributed by atoms with van der Waals surface area (Å²) in [4.78, 5) is 11.9. The zero-order valence-corrected chi connectivity index (χ0v) is 13.5. The smallest absolute Gasteiger partial charge is 0.248 e. The molecule has 0 aromatic heterocycles. The molecule has 0 spiro atoms. The second-order valence-electron chi connectivity index (χ2n) is 5.31. The lowest BCUT2D eigenvalue weighted by atomic mass is 10.2. The SMILES string of the molecule is CCCCCOc1ccc(NC(=O)C=Cc2ccccc2)cc1. The molecular weight excluding hydrogens is 286 g/mol. The molecule has 0 aliphatic carbocycles. The third kappa shape index (κ3) is 6.39. The number of anilines is 1. The van der Waals surface area contributed by atoms with E-state index in [2.05, 4.69) is 12.2 Å². The summed E-state index contributed by atoms with van der Waals surface area (Å²) < 4.78 is 5.65. The van der Waals surface area contributed by atoms with Crippen LogP contribution in [0.2, 0.25) is 0 Å². The van der Waals surface area contributed by atoms with Gasteiger partial charge in [-0.1, -0.05) is 50.1 Å². The third-order valence-electron chi connectivity index (χ3n) is 3.37. The highest BCUT2D eigenvalue weighted by atomic mass is 16.5. The maximum Gasteiger partial charge on any atom is 0.248 e. The van der Waals surface area contributed by atoms with Crippen molar-refractivity contribution in [2.24, 2.45) is 0 Å². The van der Waals surface area contributed by atoms with Crippen molar-refractivity contribution in [3.63, 3.8) is 0 Å². The number of unbranched alkanes of at least 4 members (excludes halogenated alkanes) is 2. The van der Waals surface area contributed by atoms with Crippen LogP contribution in [-0.2, 0) is 4.79 Å². The lowest BCUT2D eigenvalue weighted by Gasteiger charge is -2.07. The van der Waals surface area contributed by atoms with E-state index in [1.54, 1.807) is 6.08 Å². The van der Waals surface area contributed by atoms with E-state index in [9.17, 15) is 4.79 Å². The van der Waals surface area contributed by atoms with Crippen molar-refractivity contribution in [1.29, 1.82) is 0 Å². The van der Waals surface area contributed by atoms with Gasteiger partial charge in [0.2, 0.25) is 5.91 Å². The number of amides is 1. The van der Waals surface area contributed by atoms with Crippen molar-refractivity contribution >= 4 is 17.7 Å². The van der Waals surface area contributed by atoms with Crippen LogP contribution in [0, 0.1) is 0 Å². The summed E-state index contributed by atoms with van der Waals surface area (Å²) in [6.45, 7) is 2.91. The minimum Gasteiger partial charge on any atom is -0.494 e. The fraction of sp³-hybridized carbons (Fsp3) is 0.250. The zero-order valence-electron chi connectivity index (χ0n) is 13.5. The first-order chi connectivity index (χ1) is 11.3. The van der Waals surface area contributed by atoms with E-state index >= 15 is 0 Å². The molecule has 3 heteroatoms. The molecule has 2 aromatic carbocycles. The highest BCUT2D eigenvalue weighted by molar-refractivity contribution is 6.01. The minimum absolute atomic E-state index is 0.148. The van der Waals surface area contributed by atoms with Crippen LogP contribution in [0.15, 0.2) is 60.7 Å². The van der Waals surface area contributed by atoms with Crippen LogP contribution >= 0.6 is 0 Å². The molecule has 120 valence electrons. The summed E-state index contributed by atoms with van der Waals surface area (Å²) in [6.07, 6.45) is 6.76. The van der Waals surface area contributed by atoms with Crippen LogP contribution in [0.25, 0.3) is 6.08 Å². The average molecular weight is 309 g/mol. The summed E-state index contributed by atoms with van der Waals surface area (Å²) in [5.74, 6) is 0.685. The van der Waals surface area contributed by atoms with Crippen LogP contribution in [0.1, 0.15) is 31.7 Å². The predicted octanol–water partition coefficient (Wildman–Crippen LogP) is 4.91. The highest BCUT2D eigenvalue weighted by Gasteiger charge is 1.99. The van der Waals surface area contributed by atoms with E-state index in [1.165, 1.54) is 18.9 Å². The Morgan fingerprint density at radius 3 is 2.48 bits per heavy atom. The van der Waals surface area contributed by atoms with Crippen LogP contribution in [-0.4, -0.2) is 12.5 Å². The van der Waals surface area contributed by atoms with E-state index in [0.717, 1.165) is 30.0 Å². The number of ether oxygens (including phenoxy) is 1. The lowest BCUT2D eigenvalue weighted by Crippen LogP contribution is -2.07. The summed E-state index contributed by atoms with van der Waals surface area (Å²) in [7, 11) is 0. The molecule has 23 heavy (non-hydrogen) atoms.